The van der Waals surface area contributed by atoms with Crippen LogP contribution in [0.2, 0.25) is 0 Å². The molecule has 0 aliphatic heterocycles. The van der Waals surface area contributed by atoms with Gasteiger partial charge in [-0.05, 0) is 37.2 Å². The van der Waals surface area contributed by atoms with Crippen LogP contribution < -0.4 is 15.4 Å². The lowest BCUT2D eigenvalue weighted by atomic mass is 10.0. The van der Waals surface area contributed by atoms with Crippen molar-refractivity contribution in [1.82, 2.24) is 15.5 Å². The number of amides is 2. The van der Waals surface area contributed by atoms with Crippen molar-refractivity contribution in [2.45, 2.75) is 19.9 Å². The third-order valence-corrected chi connectivity index (χ3v) is 3.64. The Labute approximate surface area is 150 Å². The van der Waals surface area contributed by atoms with Gasteiger partial charge >= 0.3 is 0 Å². The maximum atomic E-state index is 12.5. The third kappa shape index (κ3) is 6.37. The molecule has 1 rings (SSSR count). The van der Waals surface area contributed by atoms with Crippen LogP contribution in [-0.4, -0.2) is 57.1 Å². The van der Waals surface area contributed by atoms with Crippen LogP contribution in [0.25, 0.3) is 0 Å². The summed E-state index contributed by atoms with van der Waals surface area (Å²) in [5, 5.41) is 5.84. The highest BCUT2D eigenvalue weighted by molar-refractivity contribution is 5.97. The highest BCUT2D eigenvalue weighted by atomic mass is 35.5. The van der Waals surface area contributed by atoms with Gasteiger partial charge in [-0.15, -0.1) is 12.4 Å². The summed E-state index contributed by atoms with van der Waals surface area (Å²) in [4.78, 5) is 26.5. The van der Waals surface area contributed by atoms with E-state index < -0.39 is 6.04 Å². The van der Waals surface area contributed by atoms with Crippen LogP contribution in [0.15, 0.2) is 24.3 Å². The van der Waals surface area contributed by atoms with E-state index in [2.05, 4.69) is 10.6 Å². The Hall–Kier alpha value is -1.79. The molecule has 136 valence electrons. The predicted molar refractivity (Wildman–Crippen MR) is 97.9 cm³/mol. The van der Waals surface area contributed by atoms with Crippen molar-refractivity contribution in [3.63, 3.8) is 0 Å². The minimum atomic E-state index is -0.550. The van der Waals surface area contributed by atoms with Gasteiger partial charge in [-0.3, -0.25) is 9.59 Å². The molecule has 0 radical (unpaired) electrons. The van der Waals surface area contributed by atoms with Crippen molar-refractivity contribution in [2.75, 3.05) is 34.3 Å². The number of hydrogen-bond donors (Lipinski definition) is 2. The maximum absolute atomic E-state index is 12.5. The van der Waals surface area contributed by atoms with Gasteiger partial charge in [-0.2, -0.15) is 0 Å². The molecule has 0 spiro atoms. The first-order valence-corrected chi connectivity index (χ1v) is 7.75. The highest BCUT2D eigenvalue weighted by Crippen LogP contribution is 2.12. The molecule has 1 aromatic carbocycles. The van der Waals surface area contributed by atoms with E-state index in [-0.39, 0.29) is 30.1 Å². The fourth-order valence-electron chi connectivity index (χ4n) is 2.11. The van der Waals surface area contributed by atoms with Crippen molar-refractivity contribution in [3.05, 3.63) is 29.8 Å². The van der Waals surface area contributed by atoms with E-state index >= 15 is 0 Å². The van der Waals surface area contributed by atoms with Crippen molar-refractivity contribution in [3.8, 4) is 5.75 Å². The number of methoxy groups -OCH3 is 1. The molecule has 6 nitrogen and oxygen atoms in total. The van der Waals surface area contributed by atoms with E-state index in [1.54, 1.807) is 43.3 Å². The van der Waals surface area contributed by atoms with Crippen LogP contribution in [0.4, 0.5) is 0 Å². The number of benzene rings is 1. The molecule has 0 saturated heterocycles. The standard InChI is InChI=1S/C17H27N3O3.ClH/c1-12(2)15(17(22)20(4)11-10-18-3)19-16(21)13-6-8-14(23-5)9-7-13;/h6-9,12,15,18H,10-11H2,1-5H3,(H,19,21);1H. The number of nitrogens with one attached hydrogen (secondary N) is 2. The van der Waals surface area contributed by atoms with E-state index in [0.29, 0.717) is 24.4 Å². The fraction of sp³-hybridized carbons (Fsp3) is 0.529. The minimum Gasteiger partial charge on any atom is -0.497 e. The van der Waals surface area contributed by atoms with Crippen molar-refractivity contribution >= 4 is 24.2 Å². The van der Waals surface area contributed by atoms with Gasteiger partial charge in [-0.1, -0.05) is 13.8 Å². The van der Waals surface area contributed by atoms with Crippen molar-refractivity contribution in [1.29, 1.82) is 0 Å². The quantitative estimate of drug-likeness (QED) is 0.740. The summed E-state index contributed by atoms with van der Waals surface area (Å²) < 4.78 is 5.08. The van der Waals surface area contributed by atoms with Gasteiger partial charge in [0, 0.05) is 25.7 Å². The number of rotatable bonds is 8. The van der Waals surface area contributed by atoms with Crippen LogP contribution in [0.5, 0.6) is 5.75 Å². The molecule has 1 atom stereocenters. The lowest BCUT2D eigenvalue weighted by Gasteiger charge is -2.27. The molecule has 24 heavy (non-hydrogen) atoms. The summed E-state index contributed by atoms with van der Waals surface area (Å²) in [5.74, 6) is 0.338. The van der Waals surface area contributed by atoms with E-state index in [9.17, 15) is 9.59 Å². The van der Waals surface area contributed by atoms with Crippen LogP contribution in [0.3, 0.4) is 0 Å². The molecule has 0 aliphatic rings. The van der Waals surface area contributed by atoms with Gasteiger partial charge in [0.15, 0.2) is 0 Å². The summed E-state index contributed by atoms with van der Waals surface area (Å²) >= 11 is 0. The first kappa shape index (κ1) is 22.2. The first-order chi connectivity index (χ1) is 10.9. The maximum Gasteiger partial charge on any atom is 0.251 e. The van der Waals surface area contributed by atoms with Crippen molar-refractivity contribution < 1.29 is 14.3 Å². The number of nitrogens with zero attached hydrogens (tertiary/aromatic N) is 1. The van der Waals surface area contributed by atoms with Crippen LogP contribution in [0.1, 0.15) is 24.2 Å². The molecule has 0 heterocycles. The molecular weight excluding hydrogens is 330 g/mol. The van der Waals surface area contributed by atoms with E-state index in [1.807, 2.05) is 20.9 Å². The van der Waals surface area contributed by atoms with Crippen LogP contribution >= 0.6 is 12.4 Å². The van der Waals surface area contributed by atoms with Gasteiger partial charge in [0.2, 0.25) is 5.91 Å². The summed E-state index contributed by atoms with van der Waals surface area (Å²) in [6.45, 7) is 5.14. The van der Waals surface area contributed by atoms with E-state index in [1.165, 1.54) is 0 Å². The summed E-state index contributed by atoms with van der Waals surface area (Å²) in [7, 11) is 5.15. The smallest absolute Gasteiger partial charge is 0.251 e. The Morgan fingerprint density at radius 2 is 1.79 bits per heavy atom. The molecule has 1 unspecified atom stereocenters. The predicted octanol–water partition coefficient (Wildman–Crippen LogP) is 1.55. The molecule has 0 fully saturated rings. The average Bonchev–Trinajstić information content (AvgIpc) is 2.56. The second-order valence-corrected chi connectivity index (χ2v) is 5.79. The van der Waals surface area contributed by atoms with E-state index in [0.717, 1.165) is 0 Å². The number of halogens is 1. The second-order valence-electron chi connectivity index (χ2n) is 5.79. The van der Waals surface area contributed by atoms with E-state index in [4.69, 9.17) is 4.74 Å². The topological polar surface area (TPSA) is 70.7 Å². The molecule has 1 aromatic rings. The number of hydrogen-bond acceptors (Lipinski definition) is 4. The zero-order valence-electron chi connectivity index (χ0n) is 15.0. The molecule has 0 aliphatic carbocycles. The Balaban J connectivity index is 0.00000529. The molecule has 0 aromatic heterocycles. The third-order valence-electron chi connectivity index (χ3n) is 3.64. The average molecular weight is 358 g/mol. The van der Waals surface area contributed by atoms with Gasteiger partial charge in [0.05, 0.1) is 7.11 Å². The zero-order valence-corrected chi connectivity index (χ0v) is 15.8. The number of likely N-dealkylation sites (N-methyl/N-ethyl adjacent to an activating group) is 2. The lowest BCUT2D eigenvalue weighted by Crippen LogP contribution is -2.51. The highest BCUT2D eigenvalue weighted by Gasteiger charge is 2.27. The Kier molecular flexibility index (Phi) is 10.1. The van der Waals surface area contributed by atoms with Gasteiger partial charge < -0.3 is 20.3 Å². The summed E-state index contributed by atoms with van der Waals surface area (Å²) in [6.07, 6.45) is 0. The lowest BCUT2D eigenvalue weighted by molar-refractivity contribution is -0.132. The molecule has 2 amide bonds. The Morgan fingerprint density at radius 1 is 1.21 bits per heavy atom. The van der Waals surface area contributed by atoms with Gasteiger partial charge in [-0.25, -0.2) is 0 Å². The van der Waals surface area contributed by atoms with Gasteiger partial charge in [0.1, 0.15) is 11.8 Å². The van der Waals surface area contributed by atoms with Crippen molar-refractivity contribution in [2.24, 2.45) is 5.92 Å². The minimum absolute atomic E-state index is 0. The SMILES string of the molecule is CNCCN(C)C(=O)C(NC(=O)c1ccc(OC)cc1)C(C)C.Cl. The number of carbonyl (C=O) groups excluding carboxylic acids is 2. The normalized spacial score (nSPS) is 11.4. The van der Waals surface area contributed by atoms with Gasteiger partial charge in [0.25, 0.3) is 5.91 Å². The molecule has 0 saturated carbocycles. The second kappa shape index (κ2) is 10.9. The molecule has 7 heteroatoms. The fourth-order valence-corrected chi connectivity index (χ4v) is 2.11. The molecule has 0 bridgehead atoms. The summed E-state index contributed by atoms with van der Waals surface area (Å²) in [5.41, 5.74) is 0.502. The van der Waals surface area contributed by atoms with Crippen LogP contribution in [0, 0.1) is 5.92 Å². The van der Waals surface area contributed by atoms with Crippen LogP contribution in [-0.2, 0) is 4.79 Å². The first-order valence-electron chi connectivity index (χ1n) is 7.75. The zero-order chi connectivity index (χ0) is 17.4. The molecular formula is C17H28ClN3O3. The monoisotopic (exact) mass is 357 g/mol. The Bertz CT molecular complexity index is 520. The summed E-state index contributed by atoms with van der Waals surface area (Å²) in [6, 6.07) is 6.26. The Morgan fingerprint density at radius 3 is 2.25 bits per heavy atom. The largest absolute Gasteiger partial charge is 0.497 e. The molecule has 2 N–H and O–H groups in total. The number of carbonyl (C=O) groups is 2. The number of ether oxygens (including phenoxy) is 1.